The fourth-order valence-corrected chi connectivity index (χ4v) is 1.80. The van der Waals surface area contributed by atoms with E-state index in [-0.39, 0.29) is 0 Å². The van der Waals surface area contributed by atoms with Gasteiger partial charge < -0.3 is 4.43 Å². The molecule has 1 rings (SSSR count). The maximum Gasteiger partial charge on any atom is 0.242 e. The molecule has 1 aromatic carbocycles. The molecule has 1 nitrogen and oxygen atoms in total. The van der Waals surface area contributed by atoms with E-state index in [0.29, 0.717) is 0 Å². The average molecular weight is 179 g/mol. The monoisotopic (exact) mass is 179 g/mol. The summed E-state index contributed by atoms with van der Waals surface area (Å²) in [6.07, 6.45) is 0. The summed E-state index contributed by atoms with van der Waals surface area (Å²) in [6.45, 7) is 10.4. The van der Waals surface area contributed by atoms with Gasteiger partial charge in [0, 0.05) is 0 Å². The second-order valence-electron chi connectivity index (χ2n) is 3.86. The van der Waals surface area contributed by atoms with E-state index < -0.39 is 8.32 Å². The van der Waals surface area contributed by atoms with Crippen molar-refractivity contribution in [1.29, 1.82) is 0 Å². The maximum absolute atomic E-state index is 5.78. The van der Waals surface area contributed by atoms with Crippen LogP contribution < -0.4 is 4.43 Å². The zero-order valence-corrected chi connectivity index (χ0v) is 8.92. The Morgan fingerprint density at radius 3 is 2.42 bits per heavy atom. The predicted octanol–water partition coefficient (Wildman–Crippen LogP) is 3.08. The molecule has 0 fully saturated rings. The van der Waals surface area contributed by atoms with Gasteiger partial charge in [0.2, 0.25) is 8.32 Å². The van der Waals surface area contributed by atoms with E-state index in [2.05, 4.69) is 26.6 Å². The molecule has 1 aromatic rings. The summed E-state index contributed by atoms with van der Waals surface area (Å²) in [4.78, 5) is 0. The third-order valence-corrected chi connectivity index (χ3v) is 2.17. The van der Waals surface area contributed by atoms with Crippen molar-refractivity contribution in [1.82, 2.24) is 0 Å². The fraction of sp³-hybridized carbons (Fsp3) is 0.300. The van der Waals surface area contributed by atoms with E-state index in [1.807, 2.05) is 24.3 Å². The minimum absolute atomic E-state index is 0.946. The quantitative estimate of drug-likeness (QED) is 0.634. The highest BCUT2D eigenvalue weighted by Crippen LogP contribution is 2.16. The molecule has 0 saturated heterocycles. The van der Waals surface area contributed by atoms with E-state index in [1.165, 1.54) is 0 Å². The lowest BCUT2D eigenvalue weighted by molar-refractivity contribution is 0.557. The summed E-state index contributed by atoms with van der Waals surface area (Å²) in [5.74, 6) is 0.946. The molecular formula is C10H15OSi. The Balaban J connectivity index is 2.77. The molecule has 0 saturated carbocycles. The zero-order chi connectivity index (χ0) is 9.19. The SMILES string of the molecule is [CH2]c1cccc(O[Si](C)(C)C)c1. The lowest BCUT2D eigenvalue weighted by Crippen LogP contribution is -2.29. The summed E-state index contributed by atoms with van der Waals surface area (Å²) in [5.41, 5.74) is 1.01. The second kappa shape index (κ2) is 3.31. The Bertz CT molecular complexity index is 263. The van der Waals surface area contributed by atoms with Gasteiger partial charge in [0.15, 0.2) is 0 Å². The maximum atomic E-state index is 5.78. The summed E-state index contributed by atoms with van der Waals surface area (Å²) < 4.78 is 5.78. The highest BCUT2D eigenvalue weighted by Gasteiger charge is 2.15. The van der Waals surface area contributed by atoms with Crippen LogP contribution in [0.1, 0.15) is 5.56 Å². The second-order valence-corrected chi connectivity index (χ2v) is 8.29. The van der Waals surface area contributed by atoms with Crippen LogP contribution in [-0.2, 0) is 0 Å². The Labute approximate surface area is 75.5 Å². The molecule has 0 aliphatic rings. The minimum atomic E-state index is -1.45. The molecule has 0 bridgehead atoms. The summed E-state index contributed by atoms with van der Waals surface area (Å²) in [6, 6.07) is 7.89. The van der Waals surface area contributed by atoms with Crippen LogP contribution in [0.3, 0.4) is 0 Å². The Morgan fingerprint density at radius 1 is 1.25 bits per heavy atom. The third-order valence-electron chi connectivity index (χ3n) is 1.32. The van der Waals surface area contributed by atoms with Gasteiger partial charge in [-0.2, -0.15) is 0 Å². The lowest BCUT2D eigenvalue weighted by Gasteiger charge is -2.19. The number of benzene rings is 1. The van der Waals surface area contributed by atoms with Crippen molar-refractivity contribution in [3.05, 3.63) is 36.8 Å². The number of hydrogen-bond donors (Lipinski definition) is 0. The third kappa shape index (κ3) is 3.09. The summed E-state index contributed by atoms with van der Waals surface area (Å²) in [5, 5.41) is 0. The van der Waals surface area contributed by atoms with Crippen LogP contribution in [0.2, 0.25) is 19.6 Å². The van der Waals surface area contributed by atoms with Gasteiger partial charge >= 0.3 is 0 Å². The highest BCUT2D eigenvalue weighted by molar-refractivity contribution is 6.70. The molecule has 0 spiro atoms. The van der Waals surface area contributed by atoms with Crippen LogP contribution in [0.5, 0.6) is 5.75 Å². The molecule has 0 aliphatic carbocycles. The first-order valence-electron chi connectivity index (χ1n) is 4.08. The van der Waals surface area contributed by atoms with Gasteiger partial charge in [0.1, 0.15) is 5.75 Å². The average Bonchev–Trinajstić information content (AvgIpc) is 1.82. The van der Waals surface area contributed by atoms with Gasteiger partial charge in [0.05, 0.1) is 0 Å². The van der Waals surface area contributed by atoms with Gasteiger partial charge in [-0.3, -0.25) is 0 Å². The molecule has 12 heavy (non-hydrogen) atoms. The highest BCUT2D eigenvalue weighted by atomic mass is 28.4. The van der Waals surface area contributed by atoms with Gasteiger partial charge in [-0.1, -0.05) is 12.1 Å². The van der Waals surface area contributed by atoms with Crippen LogP contribution in [0, 0.1) is 6.92 Å². The smallest absolute Gasteiger partial charge is 0.242 e. The van der Waals surface area contributed by atoms with Crippen LogP contribution in [0.4, 0.5) is 0 Å². The lowest BCUT2D eigenvalue weighted by atomic mass is 10.2. The van der Waals surface area contributed by atoms with Gasteiger partial charge in [-0.05, 0) is 44.3 Å². The van der Waals surface area contributed by atoms with Crippen molar-refractivity contribution in [2.75, 3.05) is 0 Å². The Morgan fingerprint density at radius 2 is 1.92 bits per heavy atom. The van der Waals surface area contributed by atoms with Gasteiger partial charge in [-0.25, -0.2) is 0 Å². The van der Waals surface area contributed by atoms with E-state index in [1.54, 1.807) is 0 Å². The fourth-order valence-electron chi connectivity index (χ4n) is 0.963. The number of hydrogen-bond acceptors (Lipinski definition) is 1. The molecule has 0 amide bonds. The largest absolute Gasteiger partial charge is 0.544 e. The Kier molecular flexibility index (Phi) is 2.57. The standard InChI is InChI=1S/C10H15OSi/c1-9-6-5-7-10(8-9)11-12(2,3)4/h5-8H,1H2,2-4H3. The first-order valence-corrected chi connectivity index (χ1v) is 7.49. The molecule has 2 heteroatoms. The van der Waals surface area contributed by atoms with Crippen LogP contribution in [0.15, 0.2) is 24.3 Å². The molecule has 0 N–H and O–H groups in total. The normalized spacial score (nSPS) is 11.3. The van der Waals surface area contributed by atoms with Crippen LogP contribution in [0.25, 0.3) is 0 Å². The van der Waals surface area contributed by atoms with Crippen molar-refractivity contribution >= 4 is 8.32 Å². The molecule has 0 aliphatic heterocycles. The molecule has 1 radical (unpaired) electrons. The first-order chi connectivity index (χ1) is 5.47. The van der Waals surface area contributed by atoms with Crippen molar-refractivity contribution in [3.63, 3.8) is 0 Å². The molecule has 0 unspecified atom stereocenters. The number of rotatable bonds is 2. The van der Waals surface area contributed by atoms with E-state index in [4.69, 9.17) is 4.43 Å². The molecule has 65 valence electrons. The predicted molar refractivity (Wildman–Crippen MR) is 54.9 cm³/mol. The molecule has 0 atom stereocenters. The zero-order valence-electron chi connectivity index (χ0n) is 7.92. The van der Waals surface area contributed by atoms with Gasteiger partial charge in [-0.15, -0.1) is 0 Å². The first kappa shape index (κ1) is 9.33. The molecular weight excluding hydrogens is 164 g/mol. The minimum Gasteiger partial charge on any atom is -0.544 e. The molecule has 0 heterocycles. The van der Waals surface area contributed by atoms with Gasteiger partial charge in [0.25, 0.3) is 0 Å². The van der Waals surface area contributed by atoms with E-state index >= 15 is 0 Å². The van der Waals surface area contributed by atoms with E-state index in [0.717, 1.165) is 11.3 Å². The van der Waals surface area contributed by atoms with Crippen LogP contribution >= 0.6 is 0 Å². The van der Waals surface area contributed by atoms with E-state index in [9.17, 15) is 0 Å². The van der Waals surface area contributed by atoms with Crippen LogP contribution in [-0.4, -0.2) is 8.32 Å². The summed E-state index contributed by atoms with van der Waals surface area (Å²) in [7, 11) is -1.45. The topological polar surface area (TPSA) is 9.23 Å². The Hall–Kier alpha value is -0.763. The molecule has 0 aromatic heterocycles. The van der Waals surface area contributed by atoms with Crippen molar-refractivity contribution in [2.45, 2.75) is 19.6 Å². The van der Waals surface area contributed by atoms with Crippen molar-refractivity contribution < 1.29 is 4.43 Å². The van der Waals surface area contributed by atoms with Crippen molar-refractivity contribution in [3.8, 4) is 5.75 Å². The summed E-state index contributed by atoms with van der Waals surface area (Å²) >= 11 is 0. The van der Waals surface area contributed by atoms with Crippen molar-refractivity contribution in [2.24, 2.45) is 0 Å².